The van der Waals surface area contributed by atoms with Crippen molar-refractivity contribution < 1.29 is 29.3 Å². The van der Waals surface area contributed by atoms with Crippen molar-refractivity contribution in [2.24, 2.45) is 0 Å². The van der Waals surface area contributed by atoms with E-state index in [4.69, 9.17) is 64.1 Å². The maximum absolute atomic E-state index is 9.10. The van der Waals surface area contributed by atoms with Crippen molar-refractivity contribution in [3.8, 4) is 5.75 Å². The van der Waals surface area contributed by atoms with Crippen LogP contribution in [0, 0.1) is 0 Å². The van der Waals surface area contributed by atoms with Gasteiger partial charge in [-0.2, -0.15) is 0 Å². The number of hydrogen-bond donors (Lipinski definition) is 2. The van der Waals surface area contributed by atoms with Crippen molar-refractivity contribution in [3.63, 3.8) is 0 Å². The van der Waals surface area contributed by atoms with E-state index in [0.29, 0.717) is 40.6 Å². The summed E-state index contributed by atoms with van der Waals surface area (Å²) in [6.45, 7) is 2.43. The molecule has 0 heterocycles. The zero-order valence-electron chi connectivity index (χ0n) is 13.1. The topological polar surface area (TPSA) is 96.3 Å². The molecular formula is C14H18Cl3NO6. The fraction of sp³-hybridized carbons (Fsp3) is 0.429. The Kier molecular flexibility index (Phi) is 11.5. The highest BCUT2D eigenvalue weighted by atomic mass is 35.5. The molecule has 1 aromatic carbocycles. The summed E-state index contributed by atoms with van der Waals surface area (Å²) in [6.07, 6.45) is 0. The lowest BCUT2D eigenvalue weighted by Crippen LogP contribution is -2.19. The van der Waals surface area contributed by atoms with Gasteiger partial charge in [0.05, 0.1) is 23.3 Å². The van der Waals surface area contributed by atoms with Crippen molar-refractivity contribution in [3.05, 3.63) is 27.2 Å². The van der Waals surface area contributed by atoms with Crippen LogP contribution in [0.1, 0.15) is 0 Å². The van der Waals surface area contributed by atoms with E-state index in [1.54, 1.807) is 12.1 Å². The third-order valence-corrected chi connectivity index (χ3v) is 3.08. The summed E-state index contributed by atoms with van der Waals surface area (Å²) in [4.78, 5) is 20.2. The van der Waals surface area contributed by atoms with Gasteiger partial charge < -0.3 is 24.6 Å². The number of rotatable bonds is 7. The Bertz CT molecular complexity index is 518. The fourth-order valence-corrected chi connectivity index (χ4v) is 2.14. The average molecular weight is 403 g/mol. The highest BCUT2D eigenvalue weighted by molar-refractivity contribution is 6.40. The first kappa shape index (κ1) is 22.8. The van der Waals surface area contributed by atoms with Crippen LogP contribution >= 0.6 is 34.8 Å². The van der Waals surface area contributed by atoms with Crippen molar-refractivity contribution in [1.29, 1.82) is 0 Å². The Labute approximate surface area is 154 Å². The van der Waals surface area contributed by atoms with E-state index in [1.165, 1.54) is 0 Å². The van der Waals surface area contributed by atoms with Gasteiger partial charge in [0.2, 0.25) is 0 Å². The molecule has 0 saturated heterocycles. The molecule has 0 aliphatic rings. The fourth-order valence-electron chi connectivity index (χ4n) is 1.22. The van der Waals surface area contributed by atoms with Gasteiger partial charge in [-0.15, -0.1) is 0 Å². The van der Waals surface area contributed by atoms with Crippen molar-refractivity contribution in [2.45, 2.75) is 0 Å². The average Bonchev–Trinajstić information content (AvgIpc) is 2.44. The summed E-state index contributed by atoms with van der Waals surface area (Å²) >= 11 is 17.8. The van der Waals surface area contributed by atoms with E-state index in [2.05, 4.69) is 0 Å². The van der Waals surface area contributed by atoms with E-state index >= 15 is 0 Å². The third kappa shape index (κ3) is 10.5. The highest BCUT2D eigenvalue weighted by Crippen LogP contribution is 2.35. The summed E-state index contributed by atoms with van der Waals surface area (Å²) in [5.74, 6) is -3.20. The predicted octanol–water partition coefficient (Wildman–Crippen LogP) is 2.76. The summed E-state index contributed by atoms with van der Waals surface area (Å²) in [5, 5.41) is 16.1. The van der Waals surface area contributed by atoms with Crippen LogP contribution in [0.15, 0.2) is 12.1 Å². The molecule has 0 amide bonds. The zero-order chi connectivity index (χ0) is 18.7. The van der Waals surface area contributed by atoms with Crippen LogP contribution in [-0.4, -0.2) is 67.5 Å². The Morgan fingerprint density at radius 2 is 1.50 bits per heavy atom. The zero-order valence-corrected chi connectivity index (χ0v) is 15.4. The molecule has 0 saturated carbocycles. The number of halogens is 3. The van der Waals surface area contributed by atoms with E-state index < -0.39 is 11.9 Å². The number of carboxylic acid groups (broad SMARTS) is 2. The minimum atomic E-state index is -1.82. The van der Waals surface area contributed by atoms with Crippen LogP contribution < -0.4 is 4.74 Å². The van der Waals surface area contributed by atoms with Crippen LogP contribution in [0.5, 0.6) is 5.75 Å². The molecule has 1 rings (SSSR count). The van der Waals surface area contributed by atoms with Gasteiger partial charge in [-0.25, -0.2) is 9.59 Å². The first-order valence-corrected chi connectivity index (χ1v) is 7.74. The number of likely N-dealkylation sites (N-methyl/N-ethyl adjacent to an activating group) is 1. The number of nitrogens with zero attached hydrogens (tertiary/aromatic N) is 1. The van der Waals surface area contributed by atoms with Gasteiger partial charge in [-0.1, -0.05) is 34.8 Å². The molecule has 0 radical (unpaired) electrons. The minimum absolute atomic E-state index is 0.397. The van der Waals surface area contributed by atoms with Gasteiger partial charge in [0.15, 0.2) is 5.75 Å². The molecule has 0 atom stereocenters. The van der Waals surface area contributed by atoms with Crippen LogP contribution in [0.25, 0.3) is 0 Å². The second kappa shape index (κ2) is 12.2. The van der Waals surface area contributed by atoms with E-state index in [9.17, 15) is 0 Å². The van der Waals surface area contributed by atoms with Gasteiger partial charge in [0.25, 0.3) is 0 Å². The predicted molar refractivity (Wildman–Crippen MR) is 91.6 cm³/mol. The molecule has 10 heteroatoms. The van der Waals surface area contributed by atoms with E-state index in [1.807, 2.05) is 19.0 Å². The lowest BCUT2D eigenvalue weighted by molar-refractivity contribution is -0.159. The SMILES string of the molecule is CN(C)CCOCCOc1c(Cl)cc(Cl)cc1Cl.O=C(O)C(=O)O. The summed E-state index contributed by atoms with van der Waals surface area (Å²) < 4.78 is 10.9. The molecule has 1 aromatic rings. The smallest absolute Gasteiger partial charge is 0.414 e. The Morgan fingerprint density at radius 3 is 1.92 bits per heavy atom. The van der Waals surface area contributed by atoms with Crippen LogP contribution in [-0.2, 0) is 14.3 Å². The molecule has 0 aliphatic carbocycles. The molecule has 0 fully saturated rings. The molecule has 0 unspecified atom stereocenters. The number of benzene rings is 1. The lowest BCUT2D eigenvalue weighted by Gasteiger charge is -2.12. The maximum atomic E-state index is 9.10. The quantitative estimate of drug-likeness (QED) is 0.534. The molecule has 7 nitrogen and oxygen atoms in total. The van der Waals surface area contributed by atoms with Gasteiger partial charge >= 0.3 is 11.9 Å². The monoisotopic (exact) mass is 401 g/mol. The van der Waals surface area contributed by atoms with Gasteiger partial charge in [-0.3, -0.25) is 0 Å². The largest absolute Gasteiger partial charge is 0.488 e. The number of carbonyl (C=O) groups is 2. The lowest BCUT2D eigenvalue weighted by atomic mass is 10.3. The second-order valence-corrected chi connectivity index (χ2v) is 5.82. The van der Waals surface area contributed by atoms with Crippen LogP contribution in [0.3, 0.4) is 0 Å². The first-order valence-electron chi connectivity index (χ1n) is 6.61. The third-order valence-electron chi connectivity index (χ3n) is 2.30. The standard InChI is InChI=1S/C12H16Cl3NO2.C2H2O4/c1-16(2)3-4-17-5-6-18-12-10(14)7-9(13)8-11(12)15;3-1(4)2(5)6/h7-8H,3-6H2,1-2H3;(H,3,4)(H,5,6). The molecular weight excluding hydrogens is 385 g/mol. The molecule has 2 N–H and O–H groups in total. The molecule has 0 spiro atoms. The van der Waals surface area contributed by atoms with Gasteiger partial charge in [0, 0.05) is 11.6 Å². The molecule has 24 heavy (non-hydrogen) atoms. The second-order valence-electron chi connectivity index (χ2n) is 4.57. The number of aliphatic carboxylic acids is 2. The van der Waals surface area contributed by atoms with E-state index in [-0.39, 0.29) is 0 Å². The van der Waals surface area contributed by atoms with Crippen molar-refractivity contribution in [2.75, 3.05) is 40.5 Å². The van der Waals surface area contributed by atoms with E-state index in [0.717, 1.165) is 6.54 Å². The van der Waals surface area contributed by atoms with Crippen molar-refractivity contribution in [1.82, 2.24) is 4.90 Å². The Hall–Kier alpha value is -1.25. The molecule has 0 aliphatic heterocycles. The molecule has 0 aromatic heterocycles. The number of ether oxygens (including phenoxy) is 2. The maximum Gasteiger partial charge on any atom is 0.414 e. The highest BCUT2D eigenvalue weighted by Gasteiger charge is 2.08. The first-order chi connectivity index (χ1) is 11.1. The normalized spacial score (nSPS) is 10.1. The molecule has 0 bridgehead atoms. The summed E-state index contributed by atoms with van der Waals surface area (Å²) in [6, 6.07) is 3.19. The summed E-state index contributed by atoms with van der Waals surface area (Å²) in [5.41, 5.74) is 0. The Morgan fingerprint density at radius 1 is 1.00 bits per heavy atom. The van der Waals surface area contributed by atoms with Crippen LogP contribution in [0.4, 0.5) is 0 Å². The van der Waals surface area contributed by atoms with Crippen molar-refractivity contribution >= 4 is 46.7 Å². The molecule has 136 valence electrons. The summed E-state index contributed by atoms with van der Waals surface area (Å²) in [7, 11) is 3.99. The Balaban J connectivity index is 0.000000754. The van der Waals surface area contributed by atoms with Crippen LogP contribution in [0.2, 0.25) is 15.1 Å². The minimum Gasteiger partial charge on any atom is -0.488 e. The van der Waals surface area contributed by atoms with Gasteiger partial charge in [-0.05, 0) is 26.2 Å². The van der Waals surface area contributed by atoms with Gasteiger partial charge in [0.1, 0.15) is 6.61 Å². The number of hydrogen-bond acceptors (Lipinski definition) is 5. The number of carboxylic acids is 2.